The van der Waals surface area contributed by atoms with Gasteiger partial charge in [-0.05, 0) is 13.0 Å². The molecule has 0 aliphatic heterocycles. The summed E-state index contributed by atoms with van der Waals surface area (Å²) in [5, 5.41) is 35.0. The molecule has 1 amide bonds. The van der Waals surface area contributed by atoms with Crippen molar-refractivity contribution >= 4 is 28.7 Å². The number of non-ortho nitro benzene ring substituents is 2. The molecule has 11 heteroatoms. The van der Waals surface area contributed by atoms with Gasteiger partial charge in [-0.15, -0.1) is 0 Å². The van der Waals surface area contributed by atoms with Gasteiger partial charge in [0.15, 0.2) is 0 Å². The summed E-state index contributed by atoms with van der Waals surface area (Å²) < 4.78 is 0. The van der Waals surface area contributed by atoms with Crippen LogP contribution in [0.2, 0.25) is 0 Å². The lowest BCUT2D eigenvalue weighted by Gasteiger charge is -2.08. The first-order valence-electron chi connectivity index (χ1n) is 6.70. The summed E-state index contributed by atoms with van der Waals surface area (Å²) in [7, 11) is 0. The van der Waals surface area contributed by atoms with Crippen molar-refractivity contribution in [3.63, 3.8) is 0 Å². The van der Waals surface area contributed by atoms with Gasteiger partial charge < -0.3 is 5.32 Å². The Morgan fingerprint density at radius 1 is 0.920 bits per heavy atom. The molecule has 2 aromatic rings. The van der Waals surface area contributed by atoms with E-state index < -0.39 is 32.1 Å². The quantitative estimate of drug-likeness (QED) is 0.643. The van der Waals surface area contributed by atoms with Crippen molar-refractivity contribution in [2.75, 3.05) is 5.32 Å². The predicted molar refractivity (Wildman–Crippen MR) is 85.5 cm³/mol. The molecule has 2 rings (SSSR count). The fourth-order valence-electron chi connectivity index (χ4n) is 2.11. The van der Waals surface area contributed by atoms with E-state index in [2.05, 4.69) is 5.32 Å². The van der Waals surface area contributed by atoms with Crippen LogP contribution in [0.5, 0.6) is 0 Å². The molecule has 11 nitrogen and oxygen atoms in total. The predicted octanol–water partition coefficient (Wildman–Crippen LogP) is 2.97. The van der Waals surface area contributed by atoms with Crippen LogP contribution in [0.25, 0.3) is 0 Å². The maximum atomic E-state index is 12.3. The molecule has 0 bridgehead atoms. The summed E-state index contributed by atoms with van der Waals surface area (Å²) in [5.74, 6) is -0.857. The first-order valence-corrected chi connectivity index (χ1v) is 6.70. The highest BCUT2D eigenvalue weighted by molar-refractivity contribution is 6.06. The second-order valence-electron chi connectivity index (χ2n) is 4.91. The van der Waals surface area contributed by atoms with E-state index in [9.17, 15) is 35.1 Å². The highest BCUT2D eigenvalue weighted by atomic mass is 16.6. The van der Waals surface area contributed by atoms with Crippen LogP contribution in [0.15, 0.2) is 36.4 Å². The van der Waals surface area contributed by atoms with Gasteiger partial charge in [-0.2, -0.15) is 0 Å². The number of carbonyl (C=O) groups excluding carboxylic acids is 1. The van der Waals surface area contributed by atoms with E-state index in [1.54, 1.807) is 0 Å². The Bertz CT molecular complexity index is 910. The van der Waals surface area contributed by atoms with Crippen molar-refractivity contribution in [1.29, 1.82) is 0 Å². The molecule has 1 N–H and O–H groups in total. The molecular weight excluding hydrogens is 336 g/mol. The van der Waals surface area contributed by atoms with Crippen molar-refractivity contribution in [1.82, 2.24) is 0 Å². The van der Waals surface area contributed by atoms with Gasteiger partial charge in [-0.3, -0.25) is 35.1 Å². The van der Waals surface area contributed by atoms with Crippen LogP contribution in [0, 0.1) is 37.3 Å². The minimum atomic E-state index is -0.857. The summed E-state index contributed by atoms with van der Waals surface area (Å²) in [6.07, 6.45) is 0. The molecule has 0 heterocycles. The molecule has 0 radical (unpaired) electrons. The zero-order chi connectivity index (χ0) is 18.7. The van der Waals surface area contributed by atoms with Gasteiger partial charge in [0.2, 0.25) is 0 Å². The highest BCUT2D eigenvalue weighted by Crippen LogP contribution is 2.29. The van der Waals surface area contributed by atoms with Gasteiger partial charge in [0.1, 0.15) is 0 Å². The zero-order valence-corrected chi connectivity index (χ0v) is 12.7. The molecular formula is C14H10N4O7. The Kier molecular flexibility index (Phi) is 4.68. The van der Waals surface area contributed by atoms with Crippen molar-refractivity contribution < 1.29 is 19.6 Å². The topological polar surface area (TPSA) is 159 Å². The zero-order valence-electron chi connectivity index (χ0n) is 12.7. The number of hydrogen-bond donors (Lipinski definition) is 1. The molecule has 0 saturated heterocycles. The van der Waals surface area contributed by atoms with Crippen molar-refractivity contribution in [2.24, 2.45) is 0 Å². The van der Waals surface area contributed by atoms with Crippen LogP contribution in [-0.4, -0.2) is 20.7 Å². The van der Waals surface area contributed by atoms with Gasteiger partial charge in [-0.1, -0.05) is 6.07 Å². The van der Waals surface area contributed by atoms with Gasteiger partial charge in [-0.25, -0.2) is 0 Å². The van der Waals surface area contributed by atoms with E-state index in [0.717, 1.165) is 18.2 Å². The fourth-order valence-corrected chi connectivity index (χ4v) is 2.11. The average Bonchev–Trinajstić information content (AvgIpc) is 2.54. The number of nitro groups is 3. The number of nitrogens with zero attached hydrogens (tertiary/aromatic N) is 3. The fraction of sp³-hybridized carbons (Fsp3) is 0.0714. The minimum Gasteiger partial charge on any atom is -0.322 e. The summed E-state index contributed by atoms with van der Waals surface area (Å²) in [4.78, 5) is 42.7. The summed E-state index contributed by atoms with van der Waals surface area (Å²) in [6, 6.07) is 6.72. The lowest BCUT2D eigenvalue weighted by atomic mass is 10.0. The maximum Gasteiger partial charge on any atom is 0.279 e. The monoisotopic (exact) mass is 346 g/mol. The highest BCUT2D eigenvalue weighted by Gasteiger charge is 2.25. The Morgan fingerprint density at radius 2 is 1.56 bits per heavy atom. The number of benzene rings is 2. The van der Waals surface area contributed by atoms with Gasteiger partial charge in [0.25, 0.3) is 23.0 Å². The number of rotatable bonds is 5. The largest absolute Gasteiger partial charge is 0.322 e. The molecule has 0 atom stereocenters. The summed E-state index contributed by atoms with van der Waals surface area (Å²) in [6.45, 7) is 1.28. The van der Waals surface area contributed by atoms with E-state index in [4.69, 9.17) is 0 Å². The van der Waals surface area contributed by atoms with Gasteiger partial charge >= 0.3 is 0 Å². The molecule has 25 heavy (non-hydrogen) atoms. The Morgan fingerprint density at radius 3 is 2.12 bits per heavy atom. The molecule has 0 aliphatic rings. The van der Waals surface area contributed by atoms with E-state index in [1.807, 2.05) is 0 Å². The normalized spacial score (nSPS) is 10.1. The third-order valence-corrected chi connectivity index (χ3v) is 3.33. The molecule has 0 aliphatic carbocycles. The minimum absolute atomic E-state index is 0.0569. The molecule has 0 spiro atoms. The molecule has 128 valence electrons. The number of carbonyl (C=O) groups is 1. The first kappa shape index (κ1) is 17.5. The van der Waals surface area contributed by atoms with Crippen molar-refractivity contribution in [3.05, 3.63) is 77.9 Å². The standard InChI is InChI=1S/C14H10N4O7/c1-8-12(6-11(17(22)23)7-13(8)18(24)25)14(19)15-9-3-2-4-10(5-9)16(20)21/h2-7H,1H3,(H,15,19). The Hall–Kier alpha value is -3.89. The van der Waals surface area contributed by atoms with E-state index in [1.165, 1.54) is 25.1 Å². The second kappa shape index (κ2) is 6.70. The van der Waals surface area contributed by atoms with Crippen LogP contribution in [-0.2, 0) is 0 Å². The molecule has 0 fully saturated rings. The Labute approximate surface area is 139 Å². The Balaban J connectivity index is 2.45. The second-order valence-corrected chi connectivity index (χ2v) is 4.91. The van der Waals surface area contributed by atoms with Crippen molar-refractivity contribution in [3.8, 4) is 0 Å². The third kappa shape index (κ3) is 3.72. The average molecular weight is 346 g/mol. The van der Waals surface area contributed by atoms with Crippen molar-refractivity contribution in [2.45, 2.75) is 6.92 Å². The van der Waals surface area contributed by atoms with Gasteiger partial charge in [0.05, 0.1) is 26.4 Å². The molecule has 2 aromatic carbocycles. The number of nitrogens with one attached hydrogen (secondary N) is 1. The number of anilines is 1. The number of nitro benzene ring substituents is 3. The van der Waals surface area contributed by atoms with Gasteiger partial charge in [0, 0.05) is 29.4 Å². The smallest absolute Gasteiger partial charge is 0.279 e. The van der Waals surface area contributed by atoms with Crippen LogP contribution >= 0.6 is 0 Å². The van der Waals surface area contributed by atoms with Crippen LogP contribution in [0.3, 0.4) is 0 Å². The number of amides is 1. The van der Waals surface area contributed by atoms with E-state index in [-0.39, 0.29) is 22.5 Å². The lowest BCUT2D eigenvalue weighted by molar-refractivity contribution is -0.394. The number of hydrogen-bond acceptors (Lipinski definition) is 7. The molecule has 0 saturated carbocycles. The van der Waals surface area contributed by atoms with E-state index >= 15 is 0 Å². The van der Waals surface area contributed by atoms with Crippen LogP contribution in [0.4, 0.5) is 22.7 Å². The third-order valence-electron chi connectivity index (χ3n) is 3.33. The maximum absolute atomic E-state index is 12.3. The summed E-state index contributed by atoms with van der Waals surface area (Å²) in [5.41, 5.74) is -1.70. The SMILES string of the molecule is Cc1c(C(=O)Nc2cccc([N+](=O)[O-])c2)cc([N+](=O)[O-])cc1[N+](=O)[O-]. The van der Waals surface area contributed by atoms with Crippen LogP contribution < -0.4 is 5.32 Å². The van der Waals surface area contributed by atoms with E-state index in [0.29, 0.717) is 0 Å². The lowest BCUT2D eigenvalue weighted by Crippen LogP contribution is -2.15. The molecule has 0 unspecified atom stereocenters. The molecule has 0 aromatic heterocycles. The summed E-state index contributed by atoms with van der Waals surface area (Å²) >= 11 is 0. The first-order chi connectivity index (χ1) is 11.7. The van der Waals surface area contributed by atoms with Crippen LogP contribution in [0.1, 0.15) is 15.9 Å².